The predicted molar refractivity (Wildman–Crippen MR) is 110 cm³/mol. The molecule has 0 atom stereocenters. The number of hydrogen-bond acceptors (Lipinski definition) is 7. The minimum absolute atomic E-state index is 0.382. The molecule has 0 bridgehead atoms. The number of nitrogens with zero attached hydrogens (tertiary/aromatic N) is 4. The minimum Gasteiger partial charge on any atom is -0.497 e. The van der Waals surface area contributed by atoms with Crippen LogP contribution in [0.5, 0.6) is 11.5 Å². The summed E-state index contributed by atoms with van der Waals surface area (Å²) in [5.74, 6) is 1.64. The lowest BCUT2D eigenvalue weighted by atomic mass is 10.2. The van der Waals surface area contributed by atoms with E-state index in [1.54, 1.807) is 32.4 Å². The average molecular weight is 414 g/mol. The molecule has 4 aromatic rings. The number of rotatable bonds is 5. The Balaban J connectivity index is 1.71. The summed E-state index contributed by atoms with van der Waals surface area (Å²) >= 11 is 7.40. The van der Waals surface area contributed by atoms with Gasteiger partial charge in [0.05, 0.1) is 25.6 Å². The number of hydrogen-bond donors (Lipinski definition) is 1. The summed E-state index contributed by atoms with van der Waals surface area (Å²) in [4.78, 5) is 4.65. The third-order valence-electron chi connectivity index (χ3n) is 4.13. The Labute approximate surface area is 170 Å². The van der Waals surface area contributed by atoms with Crippen LogP contribution < -0.4 is 15.2 Å². The summed E-state index contributed by atoms with van der Waals surface area (Å²) in [5, 5.41) is 11.7. The molecule has 28 heavy (non-hydrogen) atoms. The zero-order valence-corrected chi connectivity index (χ0v) is 16.7. The topological polar surface area (TPSA) is 88.1 Å². The molecule has 0 fully saturated rings. The molecule has 142 valence electrons. The molecule has 0 unspecified atom stereocenters. The van der Waals surface area contributed by atoms with E-state index in [1.807, 2.05) is 29.6 Å². The van der Waals surface area contributed by atoms with Crippen LogP contribution in [-0.2, 0) is 0 Å². The van der Waals surface area contributed by atoms with E-state index in [2.05, 4.69) is 15.3 Å². The fourth-order valence-electron chi connectivity index (χ4n) is 2.68. The summed E-state index contributed by atoms with van der Waals surface area (Å²) in [6.45, 7) is 0. The normalized spacial score (nSPS) is 10.8. The maximum Gasteiger partial charge on any atom is 0.165 e. The molecule has 0 aliphatic heterocycles. The number of aromatic nitrogens is 4. The van der Waals surface area contributed by atoms with Gasteiger partial charge in [0, 0.05) is 34.2 Å². The van der Waals surface area contributed by atoms with E-state index in [1.165, 1.54) is 16.0 Å². The van der Waals surface area contributed by atoms with Crippen molar-refractivity contribution in [2.75, 3.05) is 20.0 Å². The molecular weight excluding hydrogens is 398 g/mol. The lowest BCUT2D eigenvalue weighted by Crippen LogP contribution is -2.03. The molecule has 9 heteroatoms. The molecule has 0 aliphatic rings. The Kier molecular flexibility index (Phi) is 4.89. The van der Waals surface area contributed by atoms with Crippen LogP contribution in [0.1, 0.15) is 0 Å². The zero-order chi connectivity index (χ0) is 19.7. The fourth-order valence-corrected chi connectivity index (χ4v) is 3.63. The van der Waals surface area contributed by atoms with Gasteiger partial charge in [-0.1, -0.05) is 28.9 Å². The van der Waals surface area contributed by atoms with Crippen LogP contribution in [0.3, 0.4) is 0 Å². The average Bonchev–Trinajstić information content (AvgIpc) is 3.34. The van der Waals surface area contributed by atoms with E-state index in [9.17, 15) is 0 Å². The number of benzene rings is 2. The van der Waals surface area contributed by atoms with Gasteiger partial charge in [0.1, 0.15) is 16.5 Å². The Morgan fingerprint density at radius 1 is 1.04 bits per heavy atom. The quantitative estimate of drug-likeness (QED) is 0.524. The first-order valence-corrected chi connectivity index (χ1v) is 9.51. The number of nitrogen functional groups attached to an aromatic ring is 1. The number of ether oxygens (including phenoxy) is 2. The Morgan fingerprint density at radius 2 is 1.71 bits per heavy atom. The lowest BCUT2D eigenvalue weighted by Gasteiger charge is -2.09. The molecule has 2 heterocycles. The summed E-state index contributed by atoms with van der Waals surface area (Å²) < 4.78 is 12.1. The highest BCUT2D eigenvalue weighted by molar-refractivity contribution is 7.13. The maximum absolute atomic E-state index is 6.32. The van der Waals surface area contributed by atoms with Crippen molar-refractivity contribution < 1.29 is 9.47 Å². The van der Waals surface area contributed by atoms with Crippen molar-refractivity contribution in [3.8, 4) is 39.1 Å². The fraction of sp³-hybridized carbons (Fsp3) is 0.105. The summed E-state index contributed by atoms with van der Waals surface area (Å²) in [6, 6.07) is 12.9. The molecule has 2 N–H and O–H groups in total. The number of halogens is 1. The Morgan fingerprint density at radius 3 is 2.36 bits per heavy atom. The van der Waals surface area contributed by atoms with E-state index < -0.39 is 0 Å². The number of thiazole rings is 1. The smallest absolute Gasteiger partial charge is 0.165 e. The summed E-state index contributed by atoms with van der Waals surface area (Å²) in [6.07, 6.45) is 0. The number of nitrogens with two attached hydrogens (primary N) is 1. The highest BCUT2D eigenvalue weighted by atomic mass is 35.5. The van der Waals surface area contributed by atoms with Crippen molar-refractivity contribution >= 4 is 28.8 Å². The zero-order valence-electron chi connectivity index (χ0n) is 15.1. The van der Waals surface area contributed by atoms with Gasteiger partial charge in [-0.15, -0.1) is 16.4 Å². The van der Waals surface area contributed by atoms with E-state index >= 15 is 0 Å². The molecule has 0 saturated carbocycles. The number of methoxy groups -OCH3 is 2. The Bertz CT molecular complexity index is 1100. The van der Waals surface area contributed by atoms with E-state index in [4.69, 9.17) is 26.8 Å². The van der Waals surface area contributed by atoms with Gasteiger partial charge in [-0.25, -0.2) is 4.98 Å². The van der Waals surface area contributed by atoms with Crippen LogP contribution in [0, 0.1) is 0 Å². The van der Waals surface area contributed by atoms with Crippen LogP contribution >= 0.6 is 22.9 Å². The van der Waals surface area contributed by atoms with Gasteiger partial charge in [0.2, 0.25) is 0 Å². The number of anilines is 1. The van der Waals surface area contributed by atoms with E-state index in [0.717, 1.165) is 11.3 Å². The van der Waals surface area contributed by atoms with Crippen molar-refractivity contribution in [2.45, 2.75) is 0 Å². The second kappa shape index (κ2) is 7.49. The third kappa shape index (κ3) is 3.39. The highest BCUT2D eigenvalue weighted by Crippen LogP contribution is 2.33. The monoisotopic (exact) mass is 413 g/mol. The van der Waals surface area contributed by atoms with Gasteiger partial charge in [-0.05, 0) is 12.1 Å². The second-order valence-electron chi connectivity index (χ2n) is 5.85. The Hall–Kier alpha value is -3.10. The molecule has 2 aromatic heterocycles. The third-order valence-corrected chi connectivity index (χ3v) is 5.23. The first-order valence-electron chi connectivity index (χ1n) is 8.25. The van der Waals surface area contributed by atoms with Gasteiger partial charge in [0.15, 0.2) is 11.5 Å². The molecule has 0 spiro atoms. The largest absolute Gasteiger partial charge is 0.497 e. The second-order valence-corrected chi connectivity index (χ2v) is 7.15. The molecule has 4 rings (SSSR count). The van der Waals surface area contributed by atoms with Crippen LogP contribution in [0.4, 0.5) is 5.82 Å². The molecule has 0 saturated heterocycles. The SMILES string of the molecule is COc1cc(OC)cc(-n2nnc(-c3nc(-c4ccc(Cl)cc4)cs3)c2N)c1. The van der Waals surface area contributed by atoms with Gasteiger partial charge < -0.3 is 15.2 Å². The van der Waals surface area contributed by atoms with Gasteiger partial charge in [-0.2, -0.15) is 4.68 Å². The van der Waals surface area contributed by atoms with Crippen LogP contribution in [-0.4, -0.2) is 34.2 Å². The predicted octanol–water partition coefficient (Wildman–Crippen LogP) is 4.31. The minimum atomic E-state index is 0.382. The molecule has 0 aliphatic carbocycles. The summed E-state index contributed by atoms with van der Waals surface area (Å²) in [7, 11) is 3.17. The molecular formula is C19H16ClN5O2S. The van der Waals surface area contributed by atoms with Gasteiger partial charge in [-0.3, -0.25) is 0 Å². The first-order chi connectivity index (χ1) is 13.6. The molecule has 0 radical (unpaired) electrons. The van der Waals surface area contributed by atoms with E-state index in [-0.39, 0.29) is 0 Å². The van der Waals surface area contributed by atoms with Crippen molar-refractivity contribution in [1.29, 1.82) is 0 Å². The van der Waals surface area contributed by atoms with Gasteiger partial charge in [0.25, 0.3) is 0 Å². The molecule has 2 aromatic carbocycles. The van der Waals surface area contributed by atoms with Crippen molar-refractivity contribution in [3.63, 3.8) is 0 Å². The van der Waals surface area contributed by atoms with Crippen molar-refractivity contribution in [3.05, 3.63) is 52.9 Å². The maximum atomic E-state index is 6.32. The summed E-state index contributed by atoms with van der Waals surface area (Å²) in [5.41, 5.74) is 9.32. The van der Waals surface area contributed by atoms with Gasteiger partial charge >= 0.3 is 0 Å². The first kappa shape index (κ1) is 18.3. The van der Waals surface area contributed by atoms with Crippen LogP contribution in [0.15, 0.2) is 47.8 Å². The molecule has 7 nitrogen and oxygen atoms in total. The van der Waals surface area contributed by atoms with Crippen molar-refractivity contribution in [2.24, 2.45) is 0 Å². The highest BCUT2D eigenvalue weighted by Gasteiger charge is 2.18. The van der Waals surface area contributed by atoms with Crippen LogP contribution in [0.2, 0.25) is 5.02 Å². The van der Waals surface area contributed by atoms with Crippen molar-refractivity contribution in [1.82, 2.24) is 20.0 Å². The van der Waals surface area contributed by atoms with E-state index in [0.29, 0.717) is 38.7 Å². The molecule has 0 amide bonds. The lowest BCUT2D eigenvalue weighted by molar-refractivity contribution is 0.394. The van der Waals surface area contributed by atoms with Crippen LogP contribution in [0.25, 0.3) is 27.6 Å². The standard InChI is InChI=1S/C19H16ClN5O2S/c1-26-14-7-13(8-15(9-14)27-2)25-18(21)17(23-24-25)19-22-16(10-28-19)11-3-5-12(20)6-4-11/h3-10H,21H2,1-2H3.